The summed E-state index contributed by atoms with van der Waals surface area (Å²) in [6.07, 6.45) is 5.80. The molecule has 11 heteroatoms. The van der Waals surface area contributed by atoms with Gasteiger partial charge in [-0.15, -0.1) is 0 Å². The molecular weight excluding hydrogens is 465 g/mol. The summed E-state index contributed by atoms with van der Waals surface area (Å²) in [5.74, 6) is -0.553. The van der Waals surface area contributed by atoms with Crippen LogP contribution in [-0.2, 0) is 9.59 Å². The Hall–Kier alpha value is -3.83. The lowest BCUT2D eigenvalue weighted by Gasteiger charge is -2.26. The molecule has 4 N–H and O–H groups in total. The Morgan fingerprint density at radius 1 is 1.31 bits per heavy atom. The fraction of sp³-hybridized carbons (Fsp3) is 0.360. The zero-order valence-electron chi connectivity index (χ0n) is 20.0. The molecule has 5 rings (SSSR count). The molecule has 0 saturated carbocycles. The van der Waals surface area contributed by atoms with Crippen molar-refractivity contribution in [3.63, 3.8) is 0 Å². The number of rotatable bonds is 7. The first-order valence-electron chi connectivity index (χ1n) is 11.9. The van der Waals surface area contributed by atoms with Gasteiger partial charge >= 0.3 is 0 Å². The number of carbonyl (C=O) groups excluding carboxylic acids is 2. The molecule has 3 atom stereocenters. The number of likely N-dealkylation sites (N-methyl/N-ethyl adjacent to an activating group) is 1. The van der Waals surface area contributed by atoms with Gasteiger partial charge in [-0.05, 0) is 44.7 Å². The Kier molecular flexibility index (Phi) is 6.42. The average molecular weight is 494 g/mol. The molecule has 1 fully saturated rings. The molecule has 0 radical (unpaired) electrons. The molecule has 4 heterocycles. The van der Waals surface area contributed by atoms with E-state index in [1.54, 1.807) is 43.4 Å². The number of aliphatic hydroxyl groups excluding tert-OH is 1. The van der Waals surface area contributed by atoms with Gasteiger partial charge in [-0.25, -0.2) is 14.4 Å². The first-order chi connectivity index (χ1) is 17.4. The highest BCUT2D eigenvalue weighted by atomic mass is 19.1. The zero-order valence-corrected chi connectivity index (χ0v) is 20.0. The average Bonchev–Trinajstić information content (AvgIpc) is 3.60. The van der Waals surface area contributed by atoms with E-state index in [9.17, 15) is 19.1 Å². The standard InChI is InChI=1S/C25H28FN7O3/c1-14(27-2)23(35)31-20(13-34)24(36)32-9-6-21-22(32)18(12-33(21)25-28-7-3-8-29-25)17-11-30-19-10-15(26)4-5-16(17)19/h3-5,7-8,10-11,14,20-21,27,30,34H,6,9,12-13H2,1-2H3,(H,31,35). The van der Waals surface area contributed by atoms with Crippen LogP contribution < -0.4 is 15.5 Å². The fourth-order valence-corrected chi connectivity index (χ4v) is 4.97. The summed E-state index contributed by atoms with van der Waals surface area (Å²) >= 11 is 0. The number of aromatic amines is 1. The maximum atomic E-state index is 13.8. The van der Waals surface area contributed by atoms with Crippen molar-refractivity contribution in [3.05, 3.63) is 59.9 Å². The monoisotopic (exact) mass is 493 g/mol. The fourth-order valence-electron chi connectivity index (χ4n) is 4.97. The normalized spacial score (nSPS) is 19.1. The number of amides is 2. The van der Waals surface area contributed by atoms with E-state index in [1.807, 2.05) is 6.20 Å². The highest BCUT2D eigenvalue weighted by molar-refractivity contribution is 5.98. The van der Waals surface area contributed by atoms with Gasteiger partial charge in [0.15, 0.2) is 0 Å². The summed E-state index contributed by atoms with van der Waals surface area (Å²) in [5.41, 5.74) is 3.19. The maximum Gasteiger partial charge on any atom is 0.251 e. The molecule has 2 aliphatic heterocycles. The number of aromatic nitrogens is 3. The molecule has 1 saturated heterocycles. The topological polar surface area (TPSA) is 126 Å². The van der Waals surface area contributed by atoms with Crippen LogP contribution in [0.15, 0.2) is 48.6 Å². The second kappa shape index (κ2) is 9.67. The number of benzene rings is 1. The van der Waals surface area contributed by atoms with Crippen LogP contribution >= 0.6 is 0 Å². The predicted molar refractivity (Wildman–Crippen MR) is 132 cm³/mol. The minimum absolute atomic E-state index is 0.164. The molecule has 2 aliphatic rings. The lowest BCUT2D eigenvalue weighted by Crippen LogP contribution is -2.53. The Labute approximate surface area is 207 Å². The van der Waals surface area contributed by atoms with Gasteiger partial charge in [-0.3, -0.25) is 9.59 Å². The van der Waals surface area contributed by atoms with Crippen molar-refractivity contribution in [1.82, 2.24) is 30.5 Å². The molecule has 3 aromatic rings. The van der Waals surface area contributed by atoms with Crippen molar-refractivity contribution in [2.24, 2.45) is 0 Å². The lowest BCUT2D eigenvalue weighted by atomic mass is 10.0. The number of aliphatic hydroxyl groups is 1. The SMILES string of the molecule is CNC(C)C(=O)NC(CO)C(=O)N1CCC2C1=C(c1c[nH]c3cc(F)ccc13)CN2c1ncccn1. The summed E-state index contributed by atoms with van der Waals surface area (Å²) in [6, 6.07) is 4.55. The molecule has 0 bridgehead atoms. The van der Waals surface area contributed by atoms with E-state index in [-0.39, 0.29) is 23.7 Å². The van der Waals surface area contributed by atoms with Crippen LogP contribution in [0.1, 0.15) is 18.9 Å². The summed E-state index contributed by atoms with van der Waals surface area (Å²) in [6.45, 7) is 2.01. The number of H-pyrrole nitrogens is 1. The van der Waals surface area contributed by atoms with Gasteiger partial charge < -0.3 is 30.5 Å². The Morgan fingerprint density at radius 2 is 2.08 bits per heavy atom. The summed E-state index contributed by atoms with van der Waals surface area (Å²) in [5, 5.41) is 16.3. The molecule has 188 valence electrons. The molecule has 0 spiro atoms. The maximum absolute atomic E-state index is 13.8. The first kappa shape index (κ1) is 23.9. The Balaban J connectivity index is 1.55. The van der Waals surface area contributed by atoms with Crippen LogP contribution in [0.2, 0.25) is 0 Å². The van der Waals surface area contributed by atoms with Gasteiger partial charge in [0, 0.05) is 59.4 Å². The summed E-state index contributed by atoms with van der Waals surface area (Å²) < 4.78 is 13.8. The molecule has 1 aromatic carbocycles. The van der Waals surface area contributed by atoms with E-state index < -0.39 is 18.7 Å². The van der Waals surface area contributed by atoms with Crippen LogP contribution in [0.5, 0.6) is 0 Å². The van der Waals surface area contributed by atoms with Gasteiger partial charge in [0.05, 0.1) is 18.7 Å². The number of likely N-dealkylation sites (tertiary alicyclic amines) is 1. The van der Waals surface area contributed by atoms with Crippen LogP contribution in [-0.4, -0.2) is 81.6 Å². The second-order valence-corrected chi connectivity index (χ2v) is 8.98. The van der Waals surface area contributed by atoms with Crippen LogP contribution in [0.4, 0.5) is 10.3 Å². The quantitative estimate of drug-likeness (QED) is 0.387. The smallest absolute Gasteiger partial charge is 0.251 e. The van der Waals surface area contributed by atoms with E-state index in [4.69, 9.17) is 0 Å². The minimum Gasteiger partial charge on any atom is -0.394 e. The van der Waals surface area contributed by atoms with Gasteiger partial charge in [0.2, 0.25) is 11.9 Å². The Morgan fingerprint density at radius 3 is 2.81 bits per heavy atom. The van der Waals surface area contributed by atoms with Crippen LogP contribution in [0.3, 0.4) is 0 Å². The van der Waals surface area contributed by atoms with E-state index >= 15 is 0 Å². The minimum atomic E-state index is -1.08. The van der Waals surface area contributed by atoms with Crippen molar-refractivity contribution >= 4 is 34.2 Å². The third-order valence-electron chi connectivity index (χ3n) is 6.91. The van der Waals surface area contributed by atoms with Crippen LogP contribution in [0.25, 0.3) is 16.5 Å². The zero-order chi connectivity index (χ0) is 25.4. The molecule has 2 aromatic heterocycles. The number of anilines is 1. The van der Waals surface area contributed by atoms with E-state index in [0.717, 1.165) is 22.2 Å². The van der Waals surface area contributed by atoms with Gasteiger partial charge in [-0.2, -0.15) is 0 Å². The molecule has 3 unspecified atom stereocenters. The number of nitrogens with zero attached hydrogens (tertiary/aromatic N) is 4. The van der Waals surface area contributed by atoms with Crippen molar-refractivity contribution in [2.75, 3.05) is 31.6 Å². The van der Waals surface area contributed by atoms with Crippen molar-refractivity contribution in [2.45, 2.75) is 31.5 Å². The van der Waals surface area contributed by atoms with Crippen LogP contribution in [0, 0.1) is 5.82 Å². The van der Waals surface area contributed by atoms with Gasteiger partial charge in [0.1, 0.15) is 11.9 Å². The third kappa shape index (κ3) is 4.10. The number of fused-ring (bicyclic) bond motifs is 2. The molecule has 0 aliphatic carbocycles. The largest absolute Gasteiger partial charge is 0.394 e. The second-order valence-electron chi connectivity index (χ2n) is 8.98. The van der Waals surface area contributed by atoms with E-state index in [1.165, 1.54) is 12.1 Å². The number of hydrogen-bond acceptors (Lipinski definition) is 7. The molecule has 10 nitrogen and oxygen atoms in total. The van der Waals surface area contributed by atoms with Crippen molar-refractivity contribution in [3.8, 4) is 0 Å². The lowest BCUT2D eigenvalue weighted by molar-refractivity contribution is -0.135. The predicted octanol–water partition coefficient (Wildman–Crippen LogP) is 1.01. The van der Waals surface area contributed by atoms with Crippen molar-refractivity contribution < 1.29 is 19.1 Å². The van der Waals surface area contributed by atoms with E-state index in [0.29, 0.717) is 31.0 Å². The van der Waals surface area contributed by atoms with Gasteiger partial charge in [0.25, 0.3) is 5.91 Å². The summed E-state index contributed by atoms with van der Waals surface area (Å²) in [7, 11) is 1.65. The van der Waals surface area contributed by atoms with E-state index in [2.05, 4.69) is 30.5 Å². The highest BCUT2D eigenvalue weighted by Gasteiger charge is 2.45. The molecule has 36 heavy (non-hydrogen) atoms. The number of carbonyl (C=O) groups is 2. The highest BCUT2D eigenvalue weighted by Crippen LogP contribution is 2.42. The number of halogens is 1. The number of hydrogen-bond donors (Lipinski definition) is 4. The molecule has 2 amide bonds. The number of nitrogens with one attached hydrogen (secondary N) is 3. The molecular formula is C25H28FN7O3. The first-order valence-corrected chi connectivity index (χ1v) is 11.9. The Bertz CT molecular complexity index is 1330. The summed E-state index contributed by atoms with van der Waals surface area (Å²) in [4.78, 5) is 41.7. The third-order valence-corrected chi connectivity index (χ3v) is 6.91. The van der Waals surface area contributed by atoms with Gasteiger partial charge in [-0.1, -0.05) is 0 Å². The van der Waals surface area contributed by atoms with Crippen molar-refractivity contribution in [1.29, 1.82) is 0 Å².